The van der Waals surface area contributed by atoms with Gasteiger partial charge in [-0.1, -0.05) is 39.0 Å². The van der Waals surface area contributed by atoms with Crippen LogP contribution in [0, 0.1) is 0 Å². The van der Waals surface area contributed by atoms with E-state index in [0.717, 1.165) is 26.1 Å². The molecule has 0 aromatic heterocycles. The van der Waals surface area contributed by atoms with Crippen molar-refractivity contribution in [1.29, 1.82) is 0 Å². The molecule has 1 unspecified atom stereocenters. The Morgan fingerprint density at radius 1 is 1.14 bits per heavy atom. The molecule has 0 N–H and O–H groups in total. The van der Waals surface area contributed by atoms with Crippen LogP contribution in [0.1, 0.15) is 65.2 Å². The van der Waals surface area contributed by atoms with Gasteiger partial charge in [0.05, 0.1) is 6.54 Å². The minimum absolute atomic E-state index is 0.861. The van der Waals surface area contributed by atoms with Gasteiger partial charge >= 0.3 is 0 Å². The van der Waals surface area contributed by atoms with Gasteiger partial charge in [0.25, 0.3) is 8.48 Å². The second-order valence-corrected chi connectivity index (χ2v) is 10.1. The lowest BCUT2D eigenvalue weighted by molar-refractivity contribution is 0.234. The first kappa shape index (κ1) is 18.9. The van der Waals surface area contributed by atoms with Gasteiger partial charge in [-0.2, -0.15) is 0 Å². The first-order chi connectivity index (χ1) is 10.2. The van der Waals surface area contributed by atoms with E-state index in [-0.39, 0.29) is 0 Å². The Morgan fingerprint density at radius 2 is 1.95 bits per heavy atom. The normalized spacial score (nSPS) is 24.0. The number of unbranched alkanes of at least 4 members (excludes halogenated alkanes) is 5. The third-order valence-electron chi connectivity index (χ3n) is 4.51. The molecule has 1 heterocycles. The summed E-state index contributed by atoms with van der Waals surface area (Å²) in [4.78, 5) is 4.61. The molecule has 0 amide bonds. The highest BCUT2D eigenvalue weighted by Gasteiger charge is 2.38. The van der Waals surface area contributed by atoms with E-state index in [1.165, 1.54) is 57.5 Å². The molecule has 0 saturated carbocycles. The number of hydrogen-bond donors (Lipinski definition) is 0. The molecule has 21 heavy (non-hydrogen) atoms. The molecule has 3 nitrogen and oxygen atoms in total. The zero-order chi connectivity index (χ0) is 15.4. The molecule has 1 rings (SSSR count). The van der Waals surface area contributed by atoms with Crippen LogP contribution >= 0.6 is 0 Å². The van der Waals surface area contributed by atoms with Crippen LogP contribution in [-0.2, 0) is 4.43 Å². The maximum absolute atomic E-state index is 6.13. The zero-order valence-corrected chi connectivity index (χ0v) is 15.6. The molecule has 1 fully saturated rings. The number of aliphatic imine (C=N–C) groups is 1. The van der Waals surface area contributed by atoms with Crippen molar-refractivity contribution in [3.8, 4) is 0 Å². The number of hydrogen-bond acceptors (Lipinski definition) is 3. The highest BCUT2D eigenvalue weighted by atomic mass is 28.4. The van der Waals surface area contributed by atoms with E-state index >= 15 is 0 Å². The summed E-state index contributed by atoms with van der Waals surface area (Å²) in [7, 11) is -1.60. The number of rotatable bonds is 11. The highest BCUT2D eigenvalue weighted by molar-refractivity contribution is 6.69. The molecule has 124 valence electrons. The third-order valence-corrected chi connectivity index (χ3v) is 8.48. The zero-order valence-electron chi connectivity index (χ0n) is 14.6. The monoisotopic (exact) mass is 312 g/mol. The lowest BCUT2D eigenvalue weighted by atomic mass is 10.1. The summed E-state index contributed by atoms with van der Waals surface area (Å²) in [6.07, 6.45) is 12.7. The van der Waals surface area contributed by atoms with Gasteiger partial charge < -0.3 is 8.99 Å². The first-order valence-corrected chi connectivity index (χ1v) is 11.7. The molecule has 1 aliphatic rings. The SMILES string of the molecule is CCCCCCCC=NCCN1CCCC[Si]1(C)OCC. The Labute approximate surface area is 133 Å². The van der Waals surface area contributed by atoms with Crippen LogP contribution in [0.3, 0.4) is 0 Å². The molecule has 4 heteroatoms. The first-order valence-electron chi connectivity index (χ1n) is 9.10. The molecular weight excluding hydrogens is 276 g/mol. The fourth-order valence-corrected chi connectivity index (χ4v) is 6.55. The van der Waals surface area contributed by atoms with Crippen molar-refractivity contribution in [1.82, 2.24) is 4.57 Å². The Kier molecular flexibility index (Phi) is 10.2. The average Bonchev–Trinajstić information content (AvgIpc) is 2.47. The summed E-state index contributed by atoms with van der Waals surface area (Å²) in [6.45, 7) is 10.9. The maximum atomic E-state index is 6.13. The Hall–Kier alpha value is -0.193. The summed E-state index contributed by atoms with van der Waals surface area (Å²) < 4.78 is 8.75. The molecule has 0 aromatic carbocycles. The van der Waals surface area contributed by atoms with Crippen LogP contribution in [-0.4, -0.2) is 45.5 Å². The van der Waals surface area contributed by atoms with E-state index in [4.69, 9.17) is 4.43 Å². The molecular formula is C17H36N2OSi. The summed E-state index contributed by atoms with van der Waals surface area (Å²) in [5.74, 6) is 0. The predicted octanol–water partition coefficient (Wildman–Crippen LogP) is 4.62. The van der Waals surface area contributed by atoms with Gasteiger partial charge in [-0.05, 0) is 51.5 Å². The van der Waals surface area contributed by atoms with Crippen molar-refractivity contribution in [2.24, 2.45) is 4.99 Å². The molecule has 0 aromatic rings. The third kappa shape index (κ3) is 7.57. The quantitative estimate of drug-likeness (QED) is 0.316. The minimum Gasteiger partial charge on any atom is -0.403 e. The largest absolute Gasteiger partial charge is 0.403 e. The van der Waals surface area contributed by atoms with Gasteiger partial charge in [-0.25, -0.2) is 0 Å². The smallest absolute Gasteiger partial charge is 0.268 e. The molecule has 0 spiro atoms. The lowest BCUT2D eigenvalue weighted by Gasteiger charge is -2.41. The van der Waals surface area contributed by atoms with Gasteiger partial charge in [0.2, 0.25) is 0 Å². The van der Waals surface area contributed by atoms with Crippen molar-refractivity contribution in [3.05, 3.63) is 0 Å². The summed E-state index contributed by atoms with van der Waals surface area (Å²) >= 11 is 0. The van der Waals surface area contributed by atoms with Crippen molar-refractivity contribution in [2.75, 3.05) is 26.2 Å². The van der Waals surface area contributed by atoms with Crippen molar-refractivity contribution >= 4 is 14.7 Å². The molecule has 1 saturated heterocycles. The Morgan fingerprint density at radius 3 is 2.71 bits per heavy atom. The van der Waals surface area contributed by atoms with Gasteiger partial charge in [-0.15, -0.1) is 0 Å². The Bertz CT molecular complexity index is 282. The van der Waals surface area contributed by atoms with Gasteiger partial charge in [0.15, 0.2) is 0 Å². The standard InChI is InChI=1S/C17H36N2OSi/c1-4-6-7-8-9-10-13-18-14-16-19-15-11-12-17-21(19,3)20-5-2/h13H,4-12,14-17H2,1-3H3. The van der Waals surface area contributed by atoms with Gasteiger partial charge in [0.1, 0.15) is 0 Å². The van der Waals surface area contributed by atoms with E-state index in [1.54, 1.807) is 0 Å². The Balaban J connectivity index is 2.15. The summed E-state index contributed by atoms with van der Waals surface area (Å²) in [5, 5.41) is 0. The van der Waals surface area contributed by atoms with Crippen LogP contribution in [0.25, 0.3) is 0 Å². The predicted molar refractivity (Wildman–Crippen MR) is 95.6 cm³/mol. The van der Waals surface area contributed by atoms with Crippen LogP contribution in [0.2, 0.25) is 12.6 Å². The molecule has 0 bridgehead atoms. The summed E-state index contributed by atoms with van der Waals surface area (Å²) in [6, 6.07) is 1.29. The minimum atomic E-state index is -1.60. The van der Waals surface area contributed by atoms with Crippen LogP contribution in [0.5, 0.6) is 0 Å². The van der Waals surface area contributed by atoms with Crippen molar-refractivity contribution < 1.29 is 4.43 Å². The fraction of sp³-hybridized carbons (Fsp3) is 0.941. The van der Waals surface area contributed by atoms with E-state index in [2.05, 4.69) is 36.2 Å². The van der Waals surface area contributed by atoms with E-state index in [0.29, 0.717) is 0 Å². The van der Waals surface area contributed by atoms with Gasteiger partial charge in [-0.3, -0.25) is 4.99 Å². The van der Waals surface area contributed by atoms with Gasteiger partial charge in [0, 0.05) is 13.2 Å². The maximum Gasteiger partial charge on any atom is 0.268 e. The van der Waals surface area contributed by atoms with Crippen LogP contribution < -0.4 is 0 Å². The summed E-state index contributed by atoms with van der Waals surface area (Å²) in [5.41, 5.74) is 0. The molecule has 0 aliphatic carbocycles. The number of nitrogens with zero attached hydrogens (tertiary/aromatic N) is 2. The van der Waals surface area contributed by atoms with Crippen molar-refractivity contribution in [3.63, 3.8) is 0 Å². The van der Waals surface area contributed by atoms with Crippen LogP contribution in [0.15, 0.2) is 4.99 Å². The van der Waals surface area contributed by atoms with Crippen molar-refractivity contribution in [2.45, 2.75) is 77.8 Å². The molecule has 1 aliphatic heterocycles. The molecule has 0 radical (unpaired) electrons. The van der Waals surface area contributed by atoms with E-state index in [1.807, 2.05) is 0 Å². The lowest BCUT2D eigenvalue weighted by Crippen LogP contribution is -2.57. The second-order valence-electron chi connectivity index (χ2n) is 6.34. The topological polar surface area (TPSA) is 24.8 Å². The fourth-order valence-electron chi connectivity index (χ4n) is 3.17. The van der Waals surface area contributed by atoms with E-state index < -0.39 is 8.48 Å². The van der Waals surface area contributed by atoms with E-state index in [9.17, 15) is 0 Å². The average molecular weight is 313 g/mol. The molecule has 1 atom stereocenters. The van der Waals surface area contributed by atoms with Crippen LogP contribution in [0.4, 0.5) is 0 Å². The highest BCUT2D eigenvalue weighted by Crippen LogP contribution is 2.25. The second kappa shape index (κ2) is 11.4.